The molecule has 7 nitrogen and oxygen atoms in total. The summed E-state index contributed by atoms with van der Waals surface area (Å²) in [6.07, 6.45) is 6.03. The van der Waals surface area contributed by atoms with Crippen LogP contribution in [-0.4, -0.2) is 63.9 Å². The first-order valence-corrected chi connectivity index (χ1v) is 8.50. The SMILES string of the molecule is C[C@H](Cc1cccnc1)NC(=O)N1CCN(C(=O)c2ccc[nH]2)CC1. The molecule has 1 fully saturated rings. The first-order chi connectivity index (χ1) is 12.1. The van der Waals surface area contributed by atoms with E-state index in [1.807, 2.05) is 25.3 Å². The van der Waals surface area contributed by atoms with Crippen molar-refractivity contribution in [3.8, 4) is 0 Å². The second kappa shape index (κ2) is 7.83. The Morgan fingerprint density at radius 3 is 2.60 bits per heavy atom. The number of rotatable bonds is 4. The highest BCUT2D eigenvalue weighted by atomic mass is 16.2. The van der Waals surface area contributed by atoms with Crippen molar-refractivity contribution in [2.45, 2.75) is 19.4 Å². The lowest BCUT2D eigenvalue weighted by atomic mass is 10.1. The van der Waals surface area contributed by atoms with Crippen molar-refractivity contribution in [2.24, 2.45) is 0 Å². The molecule has 7 heteroatoms. The summed E-state index contributed by atoms with van der Waals surface area (Å²) in [5.74, 6) is -0.0185. The van der Waals surface area contributed by atoms with E-state index in [1.165, 1.54) is 0 Å². The number of aromatic nitrogens is 2. The molecular weight excluding hydrogens is 318 g/mol. The van der Waals surface area contributed by atoms with Crippen LogP contribution in [-0.2, 0) is 6.42 Å². The van der Waals surface area contributed by atoms with Crippen LogP contribution in [0.5, 0.6) is 0 Å². The maximum atomic E-state index is 12.4. The number of carbonyl (C=O) groups excluding carboxylic acids is 2. The fraction of sp³-hybridized carbons (Fsp3) is 0.389. The molecule has 132 valence electrons. The molecule has 1 saturated heterocycles. The van der Waals surface area contributed by atoms with Crippen molar-refractivity contribution < 1.29 is 9.59 Å². The summed E-state index contributed by atoms with van der Waals surface area (Å²) >= 11 is 0. The molecule has 3 rings (SSSR count). The van der Waals surface area contributed by atoms with Gasteiger partial charge in [-0.25, -0.2) is 4.79 Å². The summed E-state index contributed by atoms with van der Waals surface area (Å²) in [4.78, 5) is 35.2. The van der Waals surface area contributed by atoms with Gasteiger partial charge in [0.25, 0.3) is 5.91 Å². The Morgan fingerprint density at radius 1 is 1.20 bits per heavy atom. The van der Waals surface area contributed by atoms with Gasteiger partial charge in [0.15, 0.2) is 0 Å². The average Bonchev–Trinajstić information content (AvgIpc) is 3.16. The molecule has 3 amide bonds. The number of hydrogen-bond acceptors (Lipinski definition) is 3. The van der Waals surface area contributed by atoms with E-state index < -0.39 is 0 Å². The largest absolute Gasteiger partial charge is 0.357 e. The van der Waals surface area contributed by atoms with Crippen LogP contribution in [0.3, 0.4) is 0 Å². The van der Waals surface area contributed by atoms with Crippen molar-refractivity contribution in [3.63, 3.8) is 0 Å². The van der Waals surface area contributed by atoms with Crippen molar-refractivity contribution >= 4 is 11.9 Å². The molecule has 1 aliphatic heterocycles. The number of nitrogens with zero attached hydrogens (tertiary/aromatic N) is 3. The number of nitrogens with one attached hydrogen (secondary N) is 2. The van der Waals surface area contributed by atoms with Crippen molar-refractivity contribution in [1.82, 2.24) is 25.1 Å². The number of pyridine rings is 1. The van der Waals surface area contributed by atoms with Gasteiger partial charge in [-0.3, -0.25) is 9.78 Å². The van der Waals surface area contributed by atoms with E-state index in [-0.39, 0.29) is 18.0 Å². The Morgan fingerprint density at radius 2 is 1.96 bits per heavy atom. The Hall–Kier alpha value is -2.83. The molecule has 0 aromatic carbocycles. The van der Waals surface area contributed by atoms with Crippen molar-refractivity contribution in [2.75, 3.05) is 26.2 Å². The fourth-order valence-corrected chi connectivity index (χ4v) is 2.97. The van der Waals surface area contributed by atoms with Crippen molar-refractivity contribution in [3.05, 3.63) is 54.1 Å². The van der Waals surface area contributed by atoms with Gasteiger partial charge in [-0.2, -0.15) is 0 Å². The van der Waals surface area contributed by atoms with E-state index >= 15 is 0 Å². The molecule has 1 aliphatic rings. The molecule has 3 heterocycles. The summed E-state index contributed by atoms with van der Waals surface area (Å²) in [6, 6.07) is 7.41. The highest BCUT2D eigenvalue weighted by Crippen LogP contribution is 2.08. The molecule has 0 unspecified atom stereocenters. The first-order valence-electron chi connectivity index (χ1n) is 8.50. The summed E-state index contributed by atoms with van der Waals surface area (Å²) in [7, 11) is 0. The zero-order chi connectivity index (χ0) is 17.6. The highest BCUT2D eigenvalue weighted by Gasteiger charge is 2.25. The van der Waals surface area contributed by atoms with Gasteiger partial charge in [0, 0.05) is 50.8 Å². The van der Waals surface area contributed by atoms with E-state index in [1.54, 1.807) is 34.3 Å². The molecule has 2 aromatic heterocycles. The predicted octanol–water partition coefficient (Wildman–Crippen LogP) is 1.51. The van der Waals surface area contributed by atoms with Gasteiger partial charge in [0.2, 0.25) is 0 Å². The Labute approximate surface area is 147 Å². The highest BCUT2D eigenvalue weighted by molar-refractivity contribution is 5.92. The van der Waals surface area contributed by atoms with Crippen LogP contribution >= 0.6 is 0 Å². The van der Waals surface area contributed by atoms with Gasteiger partial charge in [0.05, 0.1) is 0 Å². The Balaban J connectivity index is 1.46. The fourth-order valence-electron chi connectivity index (χ4n) is 2.97. The topological polar surface area (TPSA) is 81.3 Å². The summed E-state index contributed by atoms with van der Waals surface area (Å²) in [5.41, 5.74) is 1.68. The molecule has 0 saturated carbocycles. The molecular formula is C18H23N5O2. The second-order valence-electron chi connectivity index (χ2n) is 6.28. The third kappa shape index (κ3) is 4.37. The number of carbonyl (C=O) groups is 2. The van der Waals surface area contributed by atoms with Gasteiger partial charge in [-0.1, -0.05) is 6.07 Å². The molecule has 0 radical (unpaired) electrons. The van der Waals surface area contributed by atoms with Crippen LogP contribution < -0.4 is 5.32 Å². The number of urea groups is 1. The summed E-state index contributed by atoms with van der Waals surface area (Å²) < 4.78 is 0. The van der Waals surface area contributed by atoms with Gasteiger partial charge in [-0.05, 0) is 37.1 Å². The Kier molecular flexibility index (Phi) is 5.33. The standard InChI is InChI=1S/C18H23N5O2/c1-14(12-15-4-2-6-19-13-15)21-18(25)23-10-8-22(9-11-23)17(24)16-5-3-7-20-16/h2-7,13-14,20H,8-12H2,1H3,(H,21,25)/t14-/m1/s1. The zero-order valence-electron chi connectivity index (χ0n) is 14.3. The van der Waals surface area contributed by atoms with Crippen LogP contribution in [0.4, 0.5) is 4.79 Å². The predicted molar refractivity (Wildman–Crippen MR) is 94.2 cm³/mol. The van der Waals surface area contributed by atoms with E-state index in [4.69, 9.17) is 0 Å². The number of hydrogen-bond donors (Lipinski definition) is 2. The van der Waals surface area contributed by atoms with Gasteiger partial charge < -0.3 is 20.1 Å². The van der Waals surface area contributed by atoms with E-state index in [0.717, 1.165) is 12.0 Å². The van der Waals surface area contributed by atoms with Crippen LogP contribution in [0, 0.1) is 0 Å². The summed E-state index contributed by atoms with van der Waals surface area (Å²) in [5, 5.41) is 3.02. The molecule has 2 N–H and O–H groups in total. The average molecular weight is 341 g/mol. The number of amides is 3. The van der Waals surface area contributed by atoms with Crippen LogP contribution in [0.25, 0.3) is 0 Å². The lowest BCUT2D eigenvalue weighted by molar-refractivity contribution is 0.0658. The third-order valence-corrected chi connectivity index (χ3v) is 4.32. The molecule has 2 aromatic rings. The molecule has 0 spiro atoms. The number of piperazine rings is 1. The minimum Gasteiger partial charge on any atom is -0.357 e. The number of aromatic amines is 1. The van der Waals surface area contributed by atoms with Gasteiger partial charge in [-0.15, -0.1) is 0 Å². The lowest BCUT2D eigenvalue weighted by Crippen LogP contribution is -2.54. The molecule has 25 heavy (non-hydrogen) atoms. The zero-order valence-corrected chi connectivity index (χ0v) is 14.3. The Bertz CT molecular complexity index is 694. The normalized spacial score (nSPS) is 15.7. The second-order valence-corrected chi connectivity index (χ2v) is 6.28. The minimum absolute atomic E-state index is 0.0185. The minimum atomic E-state index is -0.0802. The van der Waals surface area contributed by atoms with Crippen molar-refractivity contribution in [1.29, 1.82) is 0 Å². The lowest BCUT2D eigenvalue weighted by Gasteiger charge is -2.35. The molecule has 0 bridgehead atoms. The van der Waals surface area contributed by atoms with E-state index in [0.29, 0.717) is 31.9 Å². The molecule has 0 aliphatic carbocycles. The quantitative estimate of drug-likeness (QED) is 0.884. The van der Waals surface area contributed by atoms with Gasteiger partial charge in [0.1, 0.15) is 5.69 Å². The monoisotopic (exact) mass is 341 g/mol. The molecule has 1 atom stereocenters. The van der Waals surface area contributed by atoms with Crippen LogP contribution in [0.15, 0.2) is 42.9 Å². The van der Waals surface area contributed by atoms with Gasteiger partial charge >= 0.3 is 6.03 Å². The maximum absolute atomic E-state index is 12.4. The van der Waals surface area contributed by atoms with Crippen LogP contribution in [0.2, 0.25) is 0 Å². The number of H-pyrrole nitrogens is 1. The first kappa shape index (κ1) is 17.0. The smallest absolute Gasteiger partial charge is 0.317 e. The van der Waals surface area contributed by atoms with E-state index in [9.17, 15) is 9.59 Å². The maximum Gasteiger partial charge on any atom is 0.317 e. The van der Waals surface area contributed by atoms with Crippen LogP contribution in [0.1, 0.15) is 23.0 Å². The summed E-state index contributed by atoms with van der Waals surface area (Å²) in [6.45, 7) is 4.15. The third-order valence-electron chi connectivity index (χ3n) is 4.32. The van der Waals surface area contributed by atoms with E-state index in [2.05, 4.69) is 15.3 Å².